The average molecular weight is 253 g/mol. The summed E-state index contributed by atoms with van der Waals surface area (Å²) in [5, 5.41) is 0. The second kappa shape index (κ2) is 6.53. The van der Waals surface area contributed by atoms with Gasteiger partial charge >= 0.3 is 0 Å². The van der Waals surface area contributed by atoms with Crippen molar-refractivity contribution in [1.29, 1.82) is 0 Å². The number of nitrogens with two attached hydrogens (primary N) is 1. The Labute approximate surface area is 110 Å². The van der Waals surface area contributed by atoms with Gasteiger partial charge in [-0.15, -0.1) is 0 Å². The Bertz CT molecular complexity index is 268. The van der Waals surface area contributed by atoms with Crippen LogP contribution < -0.4 is 5.73 Å². The van der Waals surface area contributed by atoms with Gasteiger partial charge in [0.15, 0.2) is 0 Å². The highest BCUT2D eigenvalue weighted by molar-refractivity contribution is 5.81. The fraction of sp³-hybridized carbons (Fsp3) is 0.929. The first kappa shape index (κ1) is 13.8. The monoisotopic (exact) mass is 253 g/mol. The third kappa shape index (κ3) is 3.45. The third-order valence-corrected chi connectivity index (χ3v) is 4.40. The highest BCUT2D eigenvalue weighted by atomic mass is 16.2. The number of hydrogen-bond acceptors (Lipinski definition) is 3. The molecule has 2 saturated heterocycles. The normalized spacial score (nSPS) is 24.4. The van der Waals surface area contributed by atoms with Gasteiger partial charge in [0.05, 0.1) is 6.04 Å². The number of amides is 1. The van der Waals surface area contributed by atoms with Gasteiger partial charge in [0.2, 0.25) is 5.91 Å². The van der Waals surface area contributed by atoms with Crippen LogP contribution in [-0.4, -0.2) is 54.5 Å². The molecule has 2 aliphatic rings. The Kier molecular flexibility index (Phi) is 5.01. The number of carbonyl (C=O) groups is 1. The van der Waals surface area contributed by atoms with Crippen LogP contribution in [-0.2, 0) is 4.79 Å². The smallest absolute Gasteiger partial charge is 0.239 e. The molecule has 4 nitrogen and oxygen atoms in total. The zero-order valence-electron chi connectivity index (χ0n) is 11.6. The molecule has 0 spiro atoms. The van der Waals surface area contributed by atoms with E-state index in [0.717, 1.165) is 38.3 Å². The molecule has 1 amide bonds. The van der Waals surface area contributed by atoms with Gasteiger partial charge < -0.3 is 15.5 Å². The van der Waals surface area contributed by atoms with Crippen molar-refractivity contribution in [2.75, 3.05) is 32.7 Å². The Morgan fingerprint density at radius 3 is 2.39 bits per heavy atom. The molecule has 0 aliphatic carbocycles. The van der Waals surface area contributed by atoms with E-state index >= 15 is 0 Å². The molecule has 0 saturated carbocycles. The number of nitrogens with zero attached hydrogens (tertiary/aromatic N) is 2. The molecular weight excluding hydrogens is 226 g/mol. The van der Waals surface area contributed by atoms with E-state index in [9.17, 15) is 4.79 Å². The minimum atomic E-state index is -0.292. The van der Waals surface area contributed by atoms with E-state index in [0.29, 0.717) is 0 Å². The largest absolute Gasteiger partial charge is 0.341 e. The first-order chi connectivity index (χ1) is 8.70. The predicted octanol–water partition coefficient (Wildman–Crippen LogP) is 1.06. The Morgan fingerprint density at radius 2 is 1.83 bits per heavy atom. The van der Waals surface area contributed by atoms with Crippen LogP contribution in [0.5, 0.6) is 0 Å². The maximum Gasteiger partial charge on any atom is 0.239 e. The maximum absolute atomic E-state index is 12.0. The zero-order valence-corrected chi connectivity index (χ0v) is 11.6. The van der Waals surface area contributed by atoms with Gasteiger partial charge in [-0.1, -0.05) is 6.92 Å². The molecule has 0 radical (unpaired) electrons. The fourth-order valence-corrected chi connectivity index (χ4v) is 3.08. The van der Waals surface area contributed by atoms with E-state index in [-0.39, 0.29) is 11.9 Å². The summed E-state index contributed by atoms with van der Waals surface area (Å²) in [6, 6.07) is -0.292. The molecule has 0 bridgehead atoms. The Balaban J connectivity index is 1.72. The van der Waals surface area contributed by atoms with E-state index in [1.165, 1.54) is 32.5 Å². The molecular formula is C14H27N3O. The molecule has 2 fully saturated rings. The summed E-state index contributed by atoms with van der Waals surface area (Å²) >= 11 is 0. The maximum atomic E-state index is 12.0. The van der Waals surface area contributed by atoms with E-state index in [2.05, 4.69) is 4.90 Å². The number of hydrogen-bond donors (Lipinski definition) is 1. The molecule has 1 unspecified atom stereocenters. The number of carbonyl (C=O) groups excluding carboxylic acids is 1. The summed E-state index contributed by atoms with van der Waals surface area (Å²) in [7, 11) is 0. The van der Waals surface area contributed by atoms with E-state index in [4.69, 9.17) is 5.73 Å². The fourth-order valence-electron chi connectivity index (χ4n) is 3.08. The molecule has 0 aromatic carbocycles. The first-order valence-corrected chi connectivity index (χ1v) is 7.47. The number of likely N-dealkylation sites (tertiary alicyclic amines) is 2. The Hall–Kier alpha value is -0.610. The first-order valence-electron chi connectivity index (χ1n) is 7.47. The minimum Gasteiger partial charge on any atom is -0.341 e. The van der Waals surface area contributed by atoms with Gasteiger partial charge in [0.25, 0.3) is 0 Å². The van der Waals surface area contributed by atoms with E-state index in [1.54, 1.807) is 0 Å². The van der Waals surface area contributed by atoms with Crippen molar-refractivity contribution in [2.24, 2.45) is 11.7 Å². The second-order valence-electron chi connectivity index (χ2n) is 5.79. The molecule has 2 aliphatic heterocycles. The summed E-state index contributed by atoms with van der Waals surface area (Å²) in [6.45, 7) is 7.58. The van der Waals surface area contributed by atoms with Crippen LogP contribution in [0.1, 0.15) is 39.0 Å². The Morgan fingerprint density at radius 1 is 1.22 bits per heavy atom. The van der Waals surface area contributed by atoms with Gasteiger partial charge in [0, 0.05) is 19.6 Å². The van der Waals surface area contributed by atoms with Crippen molar-refractivity contribution in [3.05, 3.63) is 0 Å². The quantitative estimate of drug-likeness (QED) is 0.815. The predicted molar refractivity (Wildman–Crippen MR) is 73.2 cm³/mol. The van der Waals surface area contributed by atoms with Crippen LogP contribution in [0.15, 0.2) is 0 Å². The average Bonchev–Trinajstić information content (AvgIpc) is 2.91. The molecule has 4 heteroatoms. The summed E-state index contributed by atoms with van der Waals surface area (Å²) in [5.41, 5.74) is 5.81. The lowest BCUT2D eigenvalue weighted by atomic mass is 9.95. The van der Waals surface area contributed by atoms with Gasteiger partial charge in [-0.2, -0.15) is 0 Å². The van der Waals surface area contributed by atoms with Crippen molar-refractivity contribution in [1.82, 2.24) is 9.80 Å². The molecule has 2 N–H and O–H groups in total. The van der Waals surface area contributed by atoms with Crippen LogP contribution in [0.4, 0.5) is 0 Å². The third-order valence-electron chi connectivity index (χ3n) is 4.40. The van der Waals surface area contributed by atoms with E-state index < -0.39 is 0 Å². The molecule has 0 aromatic rings. The van der Waals surface area contributed by atoms with Crippen molar-refractivity contribution >= 4 is 5.91 Å². The highest BCUT2D eigenvalue weighted by Crippen LogP contribution is 2.21. The lowest BCUT2D eigenvalue weighted by Crippen LogP contribution is -2.47. The minimum absolute atomic E-state index is 0.150. The van der Waals surface area contributed by atoms with Gasteiger partial charge in [-0.25, -0.2) is 0 Å². The summed E-state index contributed by atoms with van der Waals surface area (Å²) in [4.78, 5) is 16.5. The molecule has 18 heavy (non-hydrogen) atoms. The lowest BCUT2D eigenvalue weighted by Gasteiger charge is -2.35. The highest BCUT2D eigenvalue weighted by Gasteiger charge is 2.26. The second-order valence-corrected chi connectivity index (χ2v) is 5.79. The van der Waals surface area contributed by atoms with Crippen LogP contribution in [0, 0.1) is 5.92 Å². The van der Waals surface area contributed by atoms with Crippen LogP contribution >= 0.6 is 0 Å². The topological polar surface area (TPSA) is 49.6 Å². The van der Waals surface area contributed by atoms with Crippen LogP contribution in [0.25, 0.3) is 0 Å². The van der Waals surface area contributed by atoms with Crippen LogP contribution in [0.2, 0.25) is 0 Å². The van der Waals surface area contributed by atoms with Crippen LogP contribution in [0.3, 0.4) is 0 Å². The number of piperidine rings is 1. The zero-order chi connectivity index (χ0) is 13.0. The summed E-state index contributed by atoms with van der Waals surface area (Å²) in [6.07, 6.45) is 5.77. The van der Waals surface area contributed by atoms with Crippen molar-refractivity contribution < 1.29 is 4.79 Å². The molecule has 0 aromatic heterocycles. The number of rotatable bonds is 4. The molecule has 2 rings (SSSR count). The lowest BCUT2D eigenvalue weighted by molar-refractivity contribution is -0.134. The van der Waals surface area contributed by atoms with Gasteiger partial charge in [0.1, 0.15) is 0 Å². The van der Waals surface area contributed by atoms with E-state index in [1.807, 2.05) is 11.8 Å². The SMILES string of the molecule is CCC(N)C(=O)N1CCC(CN2CCCC2)CC1. The molecule has 2 heterocycles. The van der Waals surface area contributed by atoms with Crippen molar-refractivity contribution in [3.8, 4) is 0 Å². The standard InChI is InChI=1S/C14H27N3O/c1-2-13(15)14(18)17-9-5-12(6-10-17)11-16-7-3-4-8-16/h12-13H,2-11,15H2,1H3. The van der Waals surface area contributed by atoms with Gasteiger partial charge in [-0.3, -0.25) is 4.79 Å². The summed E-state index contributed by atoms with van der Waals surface area (Å²) < 4.78 is 0. The summed E-state index contributed by atoms with van der Waals surface area (Å²) in [5.74, 6) is 0.933. The van der Waals surface area contributed by atoms with Gasteiger partial charge in [-0.05, 0) is 51.1 Å². The molecule has 104 valence electrons. The van der Waals surface area contributed by atoms with Crippen molar-refractivity contribution in [2.45, 2.75) is 45.1 Å². The molecule has 1 atom stereocenters. The van der Waals surface area contributed by atoms with Crippen molar-refractivity contribution in [3.63, 3.8) is 0 Å².